The van der Waals surface area contributed by atoms with Crippen molar-refractivity contribution in [3.63, 3.8) is 0 Å². The normalized spacial score (nSPS) is 16.7. The van der Waals surface area contributed by atoms with Crippen LogP contribution in [0.25, 0.3) is 16.8 Å². The van der Waals surface area contributed by atoms with E-state index in [1.54, 1.807) is 12.4 Å². The van der Waals surface area contributed by atoms with E-state index in [9.17, 15) is 9.90 Å². The highest BCUT2D eigenvalue weighted by Crippen LogP contribution is 2.31. The Labute approximate surface area is 157 Å². The Kier molecular flexibility index (Phi) is 4.49. The van der Waals surface area contributed by atoms with Crippen LogP contribution >= 0.6 is 0 Å². The number of hydrogen-bond acceptors (Lipinski definition) is 4. The van der Waals surface area contributed by atoms with Crippen LogP contribution in [0.1, 0.15) is 34.6 Å². The molecule has 3 aromatic rings. The third kappa shape index (κ3) is 3.02. The maximum absolute atomic E-state index is 11.8. The predicted molar refractivity (Wildman–Crippen MR) is 102 cm³/mol. The van der Waals surface area contributed by atoms with E-state index in [-0.39, 0.29) is 6.04 Å². The lowest BCUT2D eigenvalue weighted by Gasteiger charge is -2.33. The summed E-state index contributed by atoms with van der Waals surface area (Å²) in [6.45, 7) is 7.14. The minimum Gasteiger partial charge on any atom is -0.478 e. The molecule has 1 aliphatic rings. The summed E-state index contributed by atoms with van der Waals surface area (Å²) in [6.07, 6.45) is 5.67. The Hall–Kier alpha value is -2.64. The number of fused-ring (bicyclic) bond motifs is 1. The van der Waals surface area contributed by atoms with Gasteiger partial charge in [0.1, 0.15) is 0 Å². The summed E-state index contributed by atoms with van der Waals surface area (Å²) < 4.78 is 9.57. The third-order valence-corrected chi connectivity index (χ3v) is 5.52. The lowest BCUT2D eigenvalue weighted by atomic mass is 10.0. The molecule has 7 nitrogen and oxygen atoms in total. The zero-order valence-electron chi connectivity index (χ0n) is 15.8. The van der Waals surface area contributed by atoms with E-state index in [0.717, 1.165) is 41.1 Å². The highest BCUT2D eigenvalue weighted by atomic mass is 16.5. The van der Waals surface area contributed by atoms with Gasteiger partial charge in [-0.25, -0.2) is 9.78 Å². The SMILES string of the molecule is Cc1c(C(=O)O)cc2cc(-c3cncn3C)cn2c1C(C)N1CCOCC1. The number of hydrogen-bond donors (Lipinski definition) is 1. The molecule has 0 amide bonds. The van der Waals surface area contributed by atoms with Crippen LogP contribution in [-0.2, 0) is 11.8 Å². The zero-order valence-corrected chi connectivity index (χ0v) is 15.8. The second-order valence-corrected chi connectivity index (χ2v) is 7.11. The standard InChI is InChI=1S/C20H24N4O3/c1-13-17(20(25)26)9-16-8-15(18-10-21-12-22(18)3)11-24(16)19(13)14(2)23-4-6-27-7-5-23/h8-12,14H,4-7H2,1-3H3,(H,25,26). The van der Waals surface area contributed by atoms with Crippen molar-refractivity contribution in [3.8, 4) is 11.3 Å². The molecule has 0 spiro atoms. The fourth-order valence-electron chi connectivity index (χ4n) is 4.02. The largest absolute Gasteiger partial charge is 0.478 e. The van der Waals surface area contributed by atoms with Crippen molar-refractivity contribution in [2.75, 3.05) is 26.3 Å². The third-order valence-electron chi connectivity index (χ3n) is 5.52. The van der Waals surface area contributed by atoms with Crippen molar-refractivity contribution in [3.05, 3.63) is 47.7 Å². The number of aryl methyl sites for hydroxylation is 1. The fourth-order valence-corrected chi connectivity index (χ4v) is 4.02. The first-order valence-corrected chi connectivity index (χ1v) is 9.14. The fraction of sp³-hybridized carbons (Fsp3) is 0.400. The van der Waals surface area contributed by atoms with E-state index in [2.05, 4.69) is 27.4 Å². The maximum atomic E-state index is 11.8. The smallest absolute Gasteiger partial charge is 0.336 e. The van der Waals surface area contributed by atoms with Gasteiger partial charge in [-0.05, 0) is 31.5 Å². The van der Waals surface area contributed by atoms with Crippen molar-refractivity contribution < 1.29 is 14.6 Å². The molecule has 0 saturated carbocycles. The minimum atomic E-state index is -0.895. The van der Waals surface area contributed by atoms with E-state index in [0.29, 0.717) is 18.8 Å². The first kappa shape index (κ1) is 17.8. The highest BCUT2D eigenvalue weighted by Gasteiger charge is 2.25. The van der Waals surface area contributed by atoms with Gasteiger partial charge in [-0.3, -0.25) is 4.90 Å². The van der Waals surface area contributed by atoms with Crippen LogP contribution in [0.2, 0.25) is 0 Å². The van der Waals surface area contributed by atoms with Gasteiger partial charge < -0.3 is 18.8 Å². The predicted octanol–water partition coefficient (Wildman–Crippen LogP) is 2.74. The van der Waals surface area contributed by atoms with E-state index >= 15 is 0 Å². The number of pyridine rings is 1. The second-order valence-electron chi connectivity index (χ2n) is 7.11. The molecule has 4 rings (SSSR count). The van der Waals surface area contributed by atoms with Crippen molar-refractivity contribution in [1.82, 2.24) is 18.9 Å². The van der Waals surface area contributed by atoms with Gasteiger partial charge in [0, 0.05) is 49.1 Å². The number of ether oxygens (including phenoxy) is 1. The van der Waals surface area contributed by atoms with Crippen LogP contribution in [0.15, 0.2) is 30.9 Å². The highest BCUT2D eigenvalue weighted by molar-refractivity contribution is 5.91. The number of nitrogens with zero attached hydrogens (tertiary/aromatic N) is 4. The molecular weight excluding hydrogens is 344 g/mol. The monoisotopic (exact) mass is 368 g/mol. The molecule has 3 aromatic heterocycles. The molecule has 0 aromatic carbocycles. The first-order chi connectivity index (χ1) is 13.0. The summed E-state index contributed by atoms with van der Waals surface area (Å²) >= 11 is 0. The summed E-state index contributed by atoms with van der Waals surface area (Å²) in [5, 5.41) is 9.72. The summed E-state index contributed by atoms with van der Waals surface area (Å²) in [5.41, 5.74) is 5.07. The maximum Gasteiger partial charge on any atom is 0.336 e. The van der Waals surface area contributed by atoms with Crippen LogP contribution in [0, 0.1) is 6.92 Å². The molecule has 1 N–H and O–H groups in total. The van der Waals surface area contributed by atoms with Crippen LogP contribution in [0.5, 0.6) is 0 Å². The van der Waals surface area contributed by atoms with Crippen molar-refractivity contribution >= 4 is 11.5 Å². The van der Waals surface area contributed by atoms with Gasteiger partial charge in [0.15, 0.2) is 0 Å². The summed E-state index contributed by atoms with van der Waals surface area (Å²) in [6, 6.07) is 3.87. The molecule has 0 radical (unpaired) electrons. The first-order valence-electron chi connectivity index (χ1n) is 9.14. The summed E-state index contributed by atoms with van der Waals surface area (Å²) in [4.78, 5) is 18.4. The van der Waals surface area contributed by atoms with Crippen LogP contribution in [0.3, 0.4) is 0 Å². The van der Waals surface area contributed by atoms with Crippen molar-refractivity contribution in [2.45, 2.75) is 19.9 Å². The summed E-state index contributed by atoms with van der Waals surface area (Å²) in [5.74, 6) is -0.895. The number of morpholine rings is 1. The number of carboxylic acids is 1. The Bertz CT molecular complexity index is 998. The van der Waals surface area contributed by atoms with Crippen LogP contribution in [0.4, 0.5) is 0 Å². The number of carbonyl (C=O) groups is 1. The Morgan fingerprint density at radius 1 is 1.30 bits per heavy atom. The summed E-state index contributed by atoms with van der Waals surface area (Å²) in [7, 11) is 1.95. The van der Waals surface area contributed by atoms with Gasteiger partial charge in [0.2, 0.25) is 0 Å². The molecule has 0 bridgehead atoms. The molecule has 0 aliphatic carbocycles. The van der Waals surface area contributed by atoms with Crippen molar-refractivity contribution in [1.29, 1.82) is 0 Å². The van der Waals surface area contributed by atoms with Gasteiger partial charge in [-0.15, -0.1) is 0 Å². The van der Waals surface area contributed by atoms with E-state index in [1.165, 1.54) is 0 Å². The minimum absolute atomic E-state index is 0.0856. The number of rotatable bonds is 4. The molecule has 1 saturated heterocycles. The molecule has 1 aliphatic heterocycles. The van der Waals surface area contributed by atoms with E-state index in [1.807, 2.05) is 30.8 Å². The lowest BCUT2D eigenvalue weighted by molar-refractivity contribution is 0.0187. The van der Waals surface area contributed by atoms with Gasteiger partial charge in [0.05, 0.1) is 37.0 Å². The Balaban J connectivity index is 1.91. The van der Waals surface area contributed by atoms with Gasteiger partial charge in [-0.1, -0.05) is 0 Å². The van der Waals surface area contributed by atoms with Crippen LogP contribution in [-0.4, -0.2) is 56.2 Å². The molecular formula is C20H24N4O3. The molecule has 1 fully saturated rings. The van der Waals surface area contributed by atoms with E-state index < -0.39 is 5.97 Å². The molecule has 7 heteroatoms. The lowest BCUT2D eigenvalue weighted by Crippen LogP contribution is -2.39. The number of aromatic carboxylic acids is 1. The number of carboxylic acid groups (broad SMARTS) is 1. The topological polar surface area (TPSA) is 72.0 Å². The van der Waals surface area contributed by atoms with Crippen LogP contribution < -0.4 is 0 Å². The molecule has 1 atom stereocenters. The van der Waals surface area contributed by atoms with Gasteiger partial charge in [-0.2, -0.15) is 0 Å². The molecule has 27 heavy (non-hydrogen) atoms. The van der Waals surface area contributed by atoms with Gasteiger partial charge in [0.25, 0.3) is 0 Å². The average Bonchev–Trinajstić information content (AvgIpc) is 3.26. The average molecular weight is 368 g/mol. The molecule has 142 valence electrons. The second kappa shape index (κ2) is 6.83. The number of imidazole rings is 1. The quantitative estimate of drug-likeness (QED) is 0.767. The van der Waals surface area contributed by atoms with Crippen molar-refractivity contribution in [2.24, 2.45) is 7.05 Å². The van der Waals surface area contributed by atoms with Gasteiger partial charge >= 0.3 is 5.97 Å². The Morgan fingerprint density at radius 3 is 2.67 bits per heavy atom. The number of aromatic nitrogens is 3. The zero-order chi connectivity index (χ0) is 19.1. The van der Waals surface area contributed by atoms with E-state index in [4.69, 9.17) is 4.74 Å². The molecule has 1 unspecified atom stereocenters. The molecule has 4 heterocycles. The Morgan fingerprint density at radius 2 is 2.04 bits per heavy atom.